The summed E-state index contributed by atoms with van der Waals surface area (Å²) in [5.74, 6) is 1.93. The van der Waals surface area contributed by atoms with Gasteiger partial charge in [-0.25, -0.2) is 0 Å². The van der Waals surface area contributed by atoms with E-state index >= 15 is 0 Å². The number of alkyl halides is 3. The lowest BCUT2D eigenvalue weighted by molar-refractivity contribution is -0.143. The van der Waals surface area contributed by atoms with Gasteiger partial charge < -0.3 is 19.8 Å². The maximum absolute atomic E-state index is 12.6. The first-order valence-corrected chi connectivity index (χ1v) is 9.42. The van der Waals surface area contributed by atoms with Crippen LogP contribution in [0, 0.1) is 5.92 Å². The van der Waals surface area contributed by atoms with E-state index in [-0.39, 0.29) is 6.04 Å². The van der Waals surface area contributed by atoms with Crippen LogP contribution < -0.4 is 10.6 Å². The van der Waals surface area contributed by atoms with Crippen LogP contribution >= 0.6 is 0 Å². The monoisotopic (exact) mass is 388 g/mol. The number of aliphatic imine (C=N–C) groups is 1. The number of hydrogen-bond acceptors (Lipinski definition) is 4. The zero-order valence-electron chi connectivity index (χ0n) is 15.3. The van der Waals surface area contributed by atoms with Crippen LogP contribution in [-0.2, 0) is 11.2 Å². The van der Waals surface area contributed by atoms with Crippen LogP contribution in [0.1, 0.15) is 18.6 Å². The van der Waals surface area contributed by atoms with Gasteiger partial charge in [0.05, 0.1) is 19.4 Å². The fourth-order valence-electron chi connectivity index (χ4n) is 3.40. The van der Waals surface area contributed by atoms with E-state index in [0.717, 1.165) is 18.8 Å². The van der Waals surface area contributed by atoms with Crippen molar-refractivity contribution in [3.8, 4) is 0 Å². The topological polar surface area (TPSA) is 62.0 Å². The second kappa shape index (κ2) is 9.45. The van der Waals surface area contributed by atoms with Gasteiger partial charge in [0.2, 0.25) is 0 Å². The Morgan fingerprint density at radius 3 is 2.93 bits per heavy atom. The molecule has 0 amide bonds. The minimum absolute atomic E-state index is 0.0398. The van der Waals surface area contributed by atoms with Crippen LogP contribution in [-0.4, -0.2) is 69.0 Å². The fraction of sp³-hybridized carbons (Fsp3) is 0.722. The fourth-order valence-corrected chi connectivity index (χ4v) is 3.40. The highest BCUT2D eigenvalue weighted by Crippen LogP contribution is 2.20. The van der Waals surface area contributed by atoms with Crippen LogP contribution in [0.2, 0.25) is 0 Å². The Bertz CT molecular complexity index is 586. The molecule has 0 spiro atoms. The molecule has 0 bridgehead atoms. The first kappa shape index (κ1) is 20.0. The average Bonchev–Trinajstić information content (AvgIpc) is 3.34. The van der Waals surface area contributed by atoms with E-state index in [0.29, 0.717) is 57.5 Å². The Morgan fingerprint density at radius 1 is 1.33 bits per heavy atom. The Morgan fingerprint density at radius 2 is 2.22 bits per heavy atom. The third-order valence-corrected chi connectivity index (χ3v) is 4.79. The number of furan rings is 1. The summed E-state index contributed by atoms with van der Waals surface area (Å²) >= 11 is 0. The molecule has 2 atom stereocenters. The second-order valence-corrected chi connectivity index (χ2v) is 7.16. The molecule has 27 heavy (non-hydrogen) atoms. The SMILES string of the molecule is FC(F)(F)CN1CCC(NC(=NCC2CCOC2)NCCc2ccco2)C1. The summed E-state index contributed by atoms with van der Waals surface area (Å²) in [5, 5.41) is 6.56. The van der Waals surface area contributed by atoms with Gasteiger partial charge in [-0.1, -0.05) is 0 Å². The summed E-state index contributed by atoms with van der Waals surface area (Å²) in [6.07, 6.45) is -0.148. The number of hydrogen-bond donors (Lipinski definition) is 2. The van der Waals surface area contributed by atoms with Crippen LogP contribution in [0.3, 0.4) is 0 Å². The van der Waals surface area contributed by atoms with E-state index in [1.54, 1.807) is 6.26 Å². The van der Waals surface area contributed by atoms with Gasteiger partial charge in [-0.15, -0.1) is 0 Å². The zero-order chi connectivity index (χ0) is 19.1. The maximum Gasteiger partial charge on any atom is 0.401 e. The molecule has 6 nitrogen and oxygen atoms in total. The number of guanidine groups is 1. The molecular weight excluding hydrogens is 361 g/mol. The second-order valence-electron chi connectivity index (χ2n) is 7.16. The number of rotatable bonds is 7. The molecule has 2 N–H and O–H groups in total. The van der Waals surface area contributed by atoms with Gasteiger partial charge in [0.1, 0.15) is 5.76 Å². The Balaban J connectivity index is 1.50. The molecule has 2 fully saturated rings. The van der Waals surface area contributed by atoms with Crippen molar-refractivity contribution in [1.82, 2.24) is 15.5 Å². The lowest BCUT2D eigenvalue weighted by atomic mass is 10.1. The van der Waals surface area contributed by atoms with E-state index in [1.807, 2.05) is 12.1 Å². The summed E-state index contributed by atoms with van der Waals surface area (Å²) in [5.41, 5.74) is 0. The highest BCUT2D eigenvalue weighted by atomic mass is 19.4. The minimum atomic E-state index is -4.16. The van der Waals surface area contributed by atoms with Gasteiger partial charge in [-0.2, -0.15) is 13.2 Å². The van der Waals surface area contributed by atoms with Crippen molar-refractivity contribution in [3.05, 3.63) is 24.2 Å². The van der Waals surface area contributed by atoms with E-state index in [2.05, 4.69) is 15.6 Å². The molecular formula is C18H27F3N4O2. The van der Waals surface area contributed by atoms with E-state index < -0.39 is 12.7 Å². The van der Waals surface area contributed by atoms with E-state index in [1.165, 1.54) is 4.90 Å². The third kappa shape index (κ3) is 7.06. The van der Waals surface area contributed by atoms with Gasteiger partial charge in [-0.3, -0.25) is 9.89 Å². The predicted molar refractivity (Wildman–Crippen MR) is 95.7 cm³/mol. The Hall–Kier alpha value is -1.74. The van der Waals surface area contributed by atoms with Crippen molar-refractivity contribution in [2.45, 2.75) is 31.5 Å². The quantitative estimate of drug-likeness (QED) is 0.553. The number of nitrogens with one attached hydrogen (secondary N) is 2. The van der Waals surface area contributed by atoms with Crippen molar-refractivity contribution in [2.24, 2.45) is 10.9 Å². The molecule has 0 radical (unpaired) electrons. The summed E-state index contributed by atoms with van der Waals surface area (Å²) in [6.45, 7) is 2.71. The molecule has 2 saturated heterocycles. The molecule has 9 heteroatoms. The molecule has 3 heterocycles. The molecule has 0 aliphatic carbocycles. The predicted octanol–water partition coefficient (Wildman–Crippen LogP) is 2.03. The van der Waals surface area contributed by atoms with Gasteiger partial charge in [0, 0.05) is 51.2 Å². The molecule has 1 aromatic heterocycles. The molecule has 2 aliphatic heterocycles. The highest BCUT2D eigenvalue weighted by molar-refractivity contribution is 5.80. The van der Waals surface area contributed by atoms with Crippen LogP contribution in [0.15, 0.2) is 27.8 Å². The Kier molecular flexibility index (Phi) is 7.01. The molecule has 2 unspecified atom stereocenters. The summed E-state index contributed by atoms with van der Waals surface area (Å²) in [4.78, 5) is 6.06. The van der Waals surface area contributed by atoms with Crippen molar-refractivity contribution >= 4 is 5.96 Å². The molecule has 3 rings (SSSR count). The summed E-state index contributed by atoms with van der Waals surface area (Å²) < 4.78 is 48.4. The Labute approximate surface area is 157 Å². The largest absolute Gasteiger partial charge is 0.469 e. The maximum atomic E-state index is 12.6. The zero-order valence-corrected chi connectivity index (χ0v) is 15.3. The van der Waals surface area contributed by atoms with Crippen LogP contribution in [0.5, 0.6) is 0 Å². The number of halogens is 3. The van der Waals surface area contributed by atoms with Crippen LogP contribution in [0.25, 0.3) is 0 Å². The first-order chi connectivity index (χ1) is 13.0. The minimum Gasteiger partial charge on any atom is -0.469 e. The normalized spacial score (nSPS) is 24.5. The number of nitrogens with zero attached hydrogens (tertiary/aromatic N) is 2. The van der Waals surface area contributed by atoms with E-state index in [9.17, 15) is 13.2 Å². The third-order valence-electron chi connectivity index (χ3n) is 4.79. The summed E-state index contributed by atoms with van der Waals surface area (Å²) in [7, 11) is 0. The lowest BCUT2D eigenvalue weighted by Gasteiger charge is -2.20. The van der Waals surface area contributed by atoms with Gasteiger partial charge in [-0.05, 0) is 25.0 Å². The molecule has 0 aromatic carbocycles. The van der Waals surface area contributed by atoms with Crippen LogP contribution in [0.4, 0.5) is 13.2 Å². The highest BCUT2D eigenvalue weighted by Gasteiger charge is 2.34. The first-order valence-electron chi connectivity index (χ1n) is 9.42. The van der Waals surface area contributed by atoms with Crippen molar-refractivity contribution in [2.75, 3.05) is 45.9 Å². The van der Waals surface area contributed by atoms with Crippen molar-refractivity contribution < 1.29 is 22.3 Å². The summed E-state index contributed by atoms with van der Waals surface area (Å²) in [6, 6.07) is 3.71. The standard InChI is InChI=1S/C18H27F3N4O2/c19-18(20,21)13-25-7-4-15(11-25)24-17(23-10-14-5-9-26-12-14)22-6-3-16-2-1-8-27-16/h1-2,8,14-15H,3-7,9-13H2,(H2,22,23,24). The van der Waals surface area contributed by atoms with Crippen molar-refractivity contribution in [3.63, 3.8) is 0 Å². The van der Waals surface area contributed by atoms with Gasteiger partial charge >= 0.3 is 6.18 Å². The number of likely N-dealkylation sites (tertiary alicyclic amines) is 1. The molecule has 152 valence electrons. The van der Waals surface area contributed by atoms with Gasteiger partial charge in [0.25, 0.3) is 0 Å². The average molecular weight is 388 g/mol. The van der Waals surface area contributed by atoms with E-state index in [4.69, 9.17) is 9.15 Å². The van der Waals surface area contributed by atoms with Gasteiger partial charge in [0.15, 0.2) is 5.96 Å². The smallest absolute Gasteiger partial charge is 0.401 e. The molecule has 1 aromatic rings. The molecule has 0 saturated carbocycles. The molecule has 2 aliphatic rings. The lowest BCUT2D eigenvalue weighted by Crippen LogP contribution is -2.46. The van der Waals surface area contributed by atoms with Crippen molar-refractivity contribution in [1.29, 1.82) is 0 Å². The number of ether oxygens (including phenoxy) is 1.